The maximum Gasteiger partial charge on any atom is 0.143 e. The molecule has 0 bridgehead atoms. The summed E-state index contributed by atoms with van der Waals surface area (Å²) in [4.78, 5) is 5.17. The van der Waals surface area contributed by atoms with Crippen LogP contribution in [0.1, 0.15) is 77.2 Å². The second-order valence-electron chi connectivity index (χ2n) is 10.7. The zero-order valence-corrected chi connectivity index (χ0v) is 22.7. The highest BCUT2D eigenvalue weighted by Gasteiger charge is 2.44. The monoisotopic (exact) mass is 498 g/mol. The third-order valence-electron chi connectivity index (χ3n) is 9.02. The summed E-state index contributed by atoms with van der Waals surface area (Å²) in [5.41, 5.74) is 2.32. The van der Waals surface area contributed by atoms with Gasteiger partial charge in [-0.1, -0.05) is 43.0 Å². The maximum atomic E-state index is 10.4. The Morgan fingerprint density at radius 1 is 1.06 bits per heavy atom. The van der Waals surface area contributed by atoms with Crippen LogP contribution in [0.3, 0.4) is 0 Å². The van der Waals surface area contributed by atoms with E-state index in [9.17, 15) is 5.11 Å². The van der Waals surface area contributed by atoms with Crippen LogP contribution in [0.25, 0.3) is 0 Å². The summed E-state index contributed by atoms with van der Waals surface area (Å²) in [5, 5.41) is 11.1. The van der Waals surface area contributed by atoms with Crippen molar-refractivity contribution in [2.24, 2.45) is 5.92 Å². The largest absolute Gasteiger partial charge is 0.508 e. The number of anilines is 1. The van der Waals surface area contributed by atoms with Gasteiger partial charge in [0.25, 0.3) is 0 Å². The summed E-state index contributed by atoms with van der Waals surface area (Å²) in [6.45, 7) is 5.59. The van der Waals surface area contributed by atoms with Crippen LogP contribution >= 0.6 is 11.6 Å². The molecule has 2 aromatic carbocycles. The lowest BCUT2D eigenvalue weighted by Crippen LogP contribution is -2.54. The number of hydrogen-bond acceptors (Lipinski definition) is 4. The van der Waals surface area contributed by atoms with E-state index in [2.05, 4.69) is 42.8 Å². The fourth-order valence-electron chi connectivity index (χ4n) is 6.87. The Hall–Kier alpha value is -1.91. The summed E-state index contributed by atoms with van der Waals surface area (Å²) in [6.07, 6.45) is 11.1. The maximum absolute atomic E-state index is 10.4. The Morgan fingerprint density at radius 2 is 1.77 bits per heavy atom. The quantitative estimate of drug-likeness (QED) is 0.406. The van der Waals surface area contributed by atoms with Gasteiger partial charge >= 0.3 is 0 Å². The molecule has 2 aliphatic rings. The van der Waals surface area contributed by atoms with Gasteiger partial charge in [-0.2, -0.15) is 0 Å². The highest BCUT2D eigenvalue weighted by Crippen LogP contribution is 2.47. The Bertz CT molecular complexity index is 967. The first-order valence-corrected chi connectivity index (χ1v) is 13.9. The minimum Gasteiger partial charge on any atom is -0.508 e. The zero-order valence-electron chi connectivity index (χ0n) is 22.0. The molecule has 4 rings (SSSR count). The highest BCUT2D eigenvalue weighted by atomic mass is 35.5. The van der Waals surface area contributed by atoms with Crippen LogP contribution < -0.4 is 9.64 Å². The third-order valence-corrected chi connectivity index (χ3v) is 9.25. The van der Waals surface area contributed by atoms with Crippen LogP contribution in [0, 0.1) is 5.92 Å². The molecule has 0 spiro atoms. The van der Waals surface area contributed by atoms with Gasteiger partial charge in [-0.15, -0.1) is 0 Å². The first kappa shape index (κ1) is 26.2. The lowest BCUT2D eigenvalue weighted by atomic mass is 9.71. The first-order valence-electron chi connectivity index (χ1n) is 13.5. The fraction of sp³-hybridized carbons (Fsp3) is 0.600. The molecular formula is C30H43ClN2O2. The molecule has 35 heavy (non-hydrogen) atoms. The van der Waals surface area contributed by atoms with Gasteiger partial charge in [0, 0.05) is 35.3 Å². The first-order chi connectivity index (χ1) is 16.9. The van der Waals surface area contributed by atoms with E-state index < -0.39 is 0 Å². The SMILES string of the molecule is CCN(c1ccc(Cl)cc1OC)C1CCC(c2cccc(O)c2)(N(C)C(C)C2CCCCC2)CC1. The standard InChI is InChI=1S/C30H43ClN2O2/c1-5-33(28-15-14-25(31)21-29(28)35-4)26-16-18-30(19-17-26,24-12-9-13-27(34)20-24)32(3)22(2)23-10-7-6-8-11-23/h9,12-15,20-23,26,34H,5-8,10-11,16-19H2,1-4H3. The number of hydrogen-bond donors (Lipinski definition) is 1. The number of rotatable bonds is 8. The van der Waals surface area contributed by atoms with Crippen molar-refractivity contribution in [3.05, 3.63) is 53.1 Å². The van der Waals surface area contributed by atoms with Gasteiger partial charge in [0.15, 0.2) is 0 Å². The van der Waals surface area contributed by atoms with Gasteiger partial charge in [0.1, 0.15) is 11.5 Å². The van der Waals surface area contributed by atoms with E-state index in [0.29, 0.717) is 22.9 Å². The number of phenols is 1. The Labute approximate surface area is 217 Å². The minimum atomic E-state index is -0.0599. The average molecular weight is 499 g/mol. The summed E-state index contributed by atoms with van der Waals surface area (Å²) in [6, 6.07) is 15.0. The topological polar surface area (TPSA) is 35.9 Å². The number of methoxy groups -OCH3 is 1. The Balaban J connectivity index is 1.61. The van der Waals surface area contributed by atoms with Crippen molar-refractivity contribution in [1.82, 2.24) is 4.90 Å². The van der Waals surface area contributed by atoms with Gasteiger partial charge in [0.2, 0.25) is 0 Å². The number of ether oxygens (including phenoxy) is 1. The van der Waals surface area contributed by atoms with E-state index in [1.54, 1.807) is 13.2 Å². The molecule has 4 nitrogen and oxygen atoms in total. The van der Waals surface area contributed by atoms with Crippen molar-refractivity contribution < 1.29 is 9.84 Å². The van der Waals surface area contributed by atoms with Crippen LogP contribution in [0.4, 0.5) is 5.69 Å². The highest BCUT2D eigenvalue weighted by molar-refractivity contribution is 6.30. The van der Waals surface area contributed by atoms with Crippen LogP contribution in [0.15, 0.2) is 42.5 Å². The molecule has 2 fully saturated rings. The molecule has 2 saturated carbocycles. The Kier molecular flexibility index (Phi) is 8.54. The molecule has 1 unspecified atom stereocenters. The second kappa shape index (κ2) is 11.4. The molecule has 0 aromatic heterocycles. The average Bonchev–Trinajstić information content (AvgIpc) is 2.90. The normalized spacial score (nSPS) is 24.3. The van der Waals surface area contributed by atoms with E-state index in [1.807, 2.05) is 24.3 Å². The van der Waals surface area contributed by atoms with E-state index in [1.165, 1.54) is 37.7 Å². The minimum absolute atomic E-state index is 0.0599. The molecule has 0 radical (unpaired) electrons. The van der Waals surface area contributed by atoms with Gasteiger partial charge in [0.05, 0.1) is 12.8 Å². The summed E-state index contributed by atoms with van der Waals surface area (Å²) in [5.74, 6) is 1.96. The molecule has 1 atom stereocenters. The van der Waals surface area contributed by atoms with Gasteiger partial charge < -0.3 is 14.7 Å². The molecule has 5 heteroatoms. The lowest BCUT2D eigenvalue weighted by Gasteiger charge is -2.52. The molecule has 1 N–H and O–H groups in total. The van der Waals surface area contributed by atoms with Crippen molar-refractivity contribution in [3.8, 4) is 11.5 Å². The molecule has 2 aromatic rings. The van der Waals surface area contributed by atoms with E-state index in [0.717, 1.165) is 49.6 Å². The Morgan fingerprint density at radius 3 is 2.40 bits per heavy atom. The van der Waals surface area contributed by atoms with Crippen LogP contribution in [-0.2, 0) is 5.54 Å². The number of halogens is 1. The summed E-state index contributed by atoms with van der Waals surface area (Å²) < 4.78 is 5.70. The van der Waals surface area contributed by atoms with Crippen LogP contribution in [-0.4, -0.2) is 42.8 Å². The van der Waals surface area contributed by atoms with Crippen molar-refractivity contribution >= 4 is 17.3 Å². The molecule has 0 amide bonds. The van der Waals surface area contributed by atoms with E-state index in [4.69, 9.17) is 16.3 Å². The van der Waals surface area contributed by atoms with Gasteiger partial charge in [-0.3, -0.25) is 4.90 Å². The van der Waals surface area contributed by atoms with E-state index in [-0.39, 0.29) is 5.54 Å². The number of benzene rings is 2. The van der Waals surface area contributed by atoms with Gasteiger partial charge in [-0.25, -0.2) is 0 Å². The van der Waals surface area contributed by atoms with Gasteiger partial charge in [-0.05, 0) is 95.2 Å². The molecule has 192 valence electrons. The number of phenolic OH excluding ortho intramolecular Hbond substituents is 1. The fourth-order valence-corrected chi connectivity index (χ4v) is 7.03. The molecular weight excluding hydrogens is 456 g/mol. The van der Waals surface area contributed by atoms with Crippen molar-refractivity contribution in [1.29, 1.82) is 0 Å². The lowest BCUT2D eigenvalue weighted by molar-refractivity contribution is 0.00579. The predicted molar refractivity (Wildman–Crippen MR) is 147 cm³/mol. The smallest absolute Gasteiger partial charge is 0.143 e. The number of aromatic hydroxyl groups is 1. The van der Waals surface area contributed by atoms with Crippen LogP contribution in [0.2, 0.25) is 5.02 Å². The van der Waals surface area contributed by atoms with Crippen molar-refractivity contribution in [2.75, 3.05) is 25.6 Å². The number of nitrogens with zero attached hydrogens (tertiary/aromatic N) is 2. The summed E-state index contributed by atoms with van der Waals surface area (Å²) in [7, 11) is 4.06. The molecule has 0 heterocycles. The third kappa shape index (κ3) is 5.44. The molecule has 0 saturated heterocycles. The van der Waals surface area contributed by atoms with E-state index >= 15 is 0 Å². The van der Waals surface area contributed by atoms with Crippen molar-refractivity contribution in [3.63, 3.8) is 0 Å². The molecule has 0 aliphatic heterocycles. The molecule has 2 aliphatic carbocycles. The second-order valence-corrected chi connectivity index (χ2v) is 11.1. The zero-order chi connectivity index (χ0) is 25.0. The predicted octanol–water partition coefficient (Wildman–Crippen LogP) is 7.62. The summed E-state index contributed by atoms with van der Waals surface area (Å²) >= 11 is 6.25. The van der Waals surface area contributed by atoms with Crippen LogP contribution in [0.5, 0.6) is 11.5 Å². The van der Waals surface area contributed by atoms with Crippen molar-refractivity contribution in [2.45, 2.75) is 89.3 Å².